The van der Waals surface area contributed by atoms with Crippen molar-refractivity contribution >= 4 is 17.0 Å². The van der Waals surface area contributed by atoms with Crippen molar-refractivity contribution in [3.05, 3.63) is 36.0 Å². The molecule has 0 atom stereocenters. The quantitative estimate of drug-likeness (QED) is 0.741. The normalized spacial score (nSPS) is 15.8. The van der Waals surface area contributed by atoms with Crippen molar-refractivity contribution in [2.75, 3.05) is 67.0 Å². The summed E-state index contributed by atoms with van der Waals surface area (Å²) in [6.45, 7) is 10.5. The number of rotatable bonds is 6. The minimum absolute atomic E-state index is 0.283. The van der Waals surface area contributed by atoms with E-state index in [9.17, 15) is 4.79 Å². The molecule has 6 heteroatoms. The molecule has 1 aliphatic heterocycles. The second-order valence-electron chi connectivity index (χ2n) is 7.71. The minimum Gasteiger partial charge on any atom is -0.448 e. The number of hydrogen-bond donors (Lipinski definition) is 0. The van der Waals surface area contributed by atoms with Gasteiger partial charge in [0.2, 0.25) is 0 Å². The first-order valence-electron chi connectivity index (χ1n) is 10.9. The largest absolute Gasteiger partial charge is 0.448 e. The molecule has 0 spiro atoms. The van der Waals surface area contributed by atoms with Crippen molar-refractivity contribution in [3.8, 4) is 0 Å². The van der Waals surface area contributed by atoms with Crippen LogP contribution in [0.2, 0.25) is 0 Å². The summed E-state index contributed by atoms with van der Waals surface area (Å²) in [7, 11) is 6.29. The molecule has 29 heavy (non-hydrogen) atoms. The fraction of sp³-hybridized carbons (Fsp3) is 0.609. The fourth-order valence-corrected chi connectivity index (χ4v) is 3.60. The smallest absolute Gasteiger partial charge is 0.418 e. The van der Waals surface area contributed by atoms with Crippen LogP contribution in [0.4, 0.5) is 4.79 Å². The van der Waals surface area contributed by atoms with Crippen LogP contribution in [-0.4, -0.2) is 92.4 Å². The van der Waals surface area contributed by atoms with E-state index >= 15 is 0 Å². The molecule has 2 aromatic rings. The van der Waals surface area contributed by atoms with Crippen LogP contribution in [0.25, 0.3) is 10.9 Å². The monoisotopic (exact) mass is 402 g/mol. The lowest BCUT2D eigenvalue weighted by Gasteiger charge is -2.19. The van der Waals surface area contributed by atoms with Gasteiger partial charge in [0.25, 0.3) is 0 Å². The third-order valence-electron chi connectivity index (χ3n) is 5.26. The average Bonchev–Trinajstić information content (AvgIpc) is 2.97. The third kappa shape index (κ3) is 6.84. The van der Waals surface area contributed by atoms with Gasteiger partial charge in [0.15, 0.2) is 0 Å². The SMILES string of the molecule is CC.CN(C)CCc1cn(C(=O)OCCN2CCCN(C)CC2)c2ccccc12. The van der Waals surface area contributed by atoms with E-state index < -0.39 is 0 Å². The molecule has 162 valence electrons. The van der Waals surface area contributed by atoms with Gasteiger partial charge in [-0.25, -0.2) is 4.79 Å². The maximum atomic E-state index is 12.7. The van der Waals surface area contributed by atoms with Gasteiger partial charge in [-0.3, -0.25) is 9.47 Å². The highest BCUT2D eigenvalue weighted by atomic mass is 16.5. The summed E-state index contributed by atoms with van der Waals surface area (Å²) in [4.78, 5) is 19.6. The maximum absolute atomic E-state index is 12.7. The number of nitrogens with zero attached hydrogens (tertiary/aromatic N) is 4. The molecular formula is C23H38N4O2. The van der Waals surface area contributed by atoms with E-state index in [4.69, 9.17) is 4.74 Å². The Morgan fingerprint density at radius 3 is 2.62 bits per heavy atom. The molecule has 1 aromatic heterocycles. The zero-order valence-electron chi connectivity index (χ0n) is 18.9. The van der Waals surface area contributed by atoms with Crippen LogP contribution >= 0.6 is 0 Å². The number of fused-ring (bicyclic) bond motifs is 1. The molecule has 0 aliphatic carbocycles. The van der Waals surface area contributed by atoms with Crippen LogP contribution in [-0.2, 0) is 11.2 Å². The van der Waals surface area contributed by atoms with E-state index in [0.29, 0.717) is 6.61 Å². The van der Waals surface area contributed by atoms with E-state index in [0.717, 1.165) is 56.6 Å². The van der Waals surface area contributed by atoms with Gasteiger partial charge in [-0.05, 0) is 58.7 Å². The second kappa shape index (κ2) is 12.0. The summed E-state index contributed by atoms with van der Waals surface area (Å²) in [5.74, 6) is 0. The van der Waals surface area contributed by atoms with Gasteiger partial charge in [0.05, 0.1) is 5.52 Å². The summed E-state index contributed by atoms with van der Waals surface area (Å²) in [5, 5.41) is 1.13. The molecule has 2 heterocycles. The number of carbonyl (C=O) groups excluding carboxylic acids is 1. The average molecular weight is 403 g/mol. The number of hydrogen-bond acceptors (Lipinski definition) is 5. The highest BCUT2D eigenvalue weighted by molar-refractivity contribution is 5.91. The van der Waals surface area contributed by atoms with Gasteiger partial charge in [-0.2, -0.15) is 0 Å². The standard InChI is InChI=1S/C21H32N4O2.C2H6/c1-22(2)12-9-18-17-25(20-8-5-4-7-19(18)20)21(26)27-16-15-24-11-6-10-23(3)13-14-24;1-2/h4-5,7-8,17H,6,9-16H2,1-3H3;1-2H3. The Morgan fingerprint density at radius 1 is 1.10 bits per heavy atom. The Balaban J connectivity index is 0.00000145. The zero-order valence-corrected chi connectivity index (χ0v) is 18.9. The predicted octanol–water partition coefficient (Wildman–Crippen LogP) is 3.39. The van der Waals surface area contributed by atoms with Crippen molar-refractivity contribution in [3.63, 3.8) is 0 Å². The van der Waals surface area contributed by atoms with Crippen LogP contribution in [0.3, 0.4) is 0 Å². The number of para-hydroxylation sites is 1. The van der Waals surface area contributed by atoms with E-state index in [1.165, 1.54) is 12.0 Å². The minimum atomic E-state index is -0.283. The molecule has 0 N–H and O–H groups in total. The van der Waals surface area contributed by atoms with Gasteiger partial charge in [0.1, 0.15) is 6.61 Å². The highest BCUT2D eigenvalue weighted by Crippen LogP contribution is 2.22. The number of likely N-dealkylation sites (N-methyl/N-ethyl adjacent to an activating group) is 2. The molecule has 6 nitrogen and oxygen atoms in total. The Hall–Kier alpha value is -1.89. The van der Waals surface area contributed by atoms with Gasteiger partial charge >= 0.3 is 6.09 Å². The number of ether oxygens (including phenoxy) is 1. The van der Waals surface area contributed by atoms with E-state index in [1.807, 2.05) is 38.2 Å². The topological polar surface area (TPSA) is 41.0 Å². The summed E-state index contributed by atoms with van der Waals surface area (Å²) in [5.41, 5.74) is 2.11. The highest BCUT2D eigenvalue weighted by Gasteiger charge is 2.16. The van der Waals surface area contributed by atoms with Crippen molar-refractivity contribution in [2.24, 2.45) is 0 Å². The molecule has 0 unspecified atom stereocenters. The Morgan fingerprint density at radius 2 is 1.86 bits per heavy atom. The van der Waals surface area contributed by atoms with Crippen LogP contribution in [0, 0.1) is 0 Å². The molecule has 1 aliphatic rings. The van der Waals surface area contributed by atoms with Crippen molar-refractivity contribution in [1.82, 2.24) is 19.3 Å². The molecule has 1 aromatic carbocycles. The lowest BCUT2D eigenvalue weighted by molar-refractivity contribution is 0.130. The van der Waals surface area contributed by atoms with E-state index in [1.54, 1.807) is 4.57 Å². The van der Waals surface area contributed by atoms with Crippen LogP contribution < -0.4 is 0 Å². The summed E-state index contributed by atoms with van der Waals surface area (Å²) < 4.78 is 7.27. The Labute approximate surface area is 176 Å². The molecule has 0 radical (unpaired) electrons. The molecule has 0 amide bonds. The summed E-state index contributed by atoms with van der Waals surface area (Å²) in [6.07, 6.45) is 3.74. The Kier molecular flexibility index (Phi) is 9.64. The van der Waals surface area contributed by atoms with Gasteiger partial charge in [0, 0.05) is 37.8 Å². The van der Waals surface area contributed by atoms with Crippen molar-refractivity contribution in [1.29, 1.82) is 0 Å². The molecule has 0 bridgehead atoms. The lowest BCUT2D eigenvalue weighted by Crippen LogP contribution is -2.32. The third-order valence-corrected chi connectivity index (χ3v) is 5.26. The van der Waals surface area contributed by atoms with E-state index in [-0.39, 0.29) is 6.09 Å². The molecular weight excluding hydrogens is 364 g/mol. The van der Waals surface area contributed by atoms with Gasteiger partial charge in [-0.1, -0.05) is 32.0 Å². The number of benzene rings is 1. The fourth-order valence-electron chi connectivity index (χ4n) is 3.60. The van der Waals surface area contributed by atoms with Crippen LogP contribution in [0.1, 0.15) is 25.8 Å². The summed E-state index contributed by atoms with van der Waals surface area (Å²) >= 11 is 0. The Bertz CT molecular complexity index is 756. The number of aromatic nitrogens is 1. The molecule has 0 saturated carbocycles. The van der Waals surface area contributed by atoms with Gasteiger partial charge in [-0.15, -0.1) is 0 Å². The lowest BCUT2D eigenvalue weighted by atomic mass is 10.1. The maximum Gasteiger partial charge on any atom is 0.418 e. The van der Waals surface area contributed by atoms with Crippen LogP contribution in [0.5, 0.6) is 0 Å². The molecule has 3 rings (SSSR count). The summed E-state index contributed by atoms with van der Waals surface area (Å²) in [6, 6.07) is 8.06. The first-order valence-corrected chi connectivity index (χ1v) is 10.9. The predicted molar refractivity (Wildman–Crippen MR) is 121 cm³/mol. The second-order valence-corrected chi connectivity index (χ2v) is 7.71. The van der Waals surface area contributed by atoms with Crippen molar-refractivity contribution < 1.29 is 9.53 Å². The van der Waals surface area contributed by atoms with Crippen molar-refractivity contribution in [2.45, 2.75) is 26.7 Å². The first kappa shape index (κ1) is 23.4. The molecule has 1 saturated heterocycles. The molecule has 1 fully saturated rings. The number of carbonyl (C=O) groups is 1. The van der Waals surface area contributed by atoms with Gasteiger partial charge < -0.3 is 14.5 Å². The van der Waals surface area contributed by atoms with E-state index in [2.05, 4.69) is 41.9 Å². The van der Waals surface area contributed by atoms with Crippen LogP contribution in [0.15, 0.2) is 30.5 Å². The zero-order chi connectivity index (χ0) is 21.2. The first-order chi connectivity index (χ1) is 14.0.